The van der Waals surface area contributed by atoms with Crippen LogP contribution in [0.1, 0.15) is 137 Å². The molecule has 4 fully saturated rings. The lowest BCUT2D eigenvalue weighted by molar-refractivity contribution is -0.145. The third-order valence-electron chi connectivity index (χ3n) is 14.9. The van der Waals surface area contributed by atoms with Crippen LogP contribution in [0, 0.1) is 0 Å². The molecule has 4 aromatic rings. The molecule has 2 saturated carbocycles. The normalized spacial score (nSPS) is 26.3. The fourth-order valence-corrected chi connectivity index (χ4v) is 13.7. The van der Waals surface area contributed by atoms with E-state index in [0.717, 1.165) is 51.5 Å². The van der Waals surface area contributed by atoms with Crippen LogP contribution in [-0.2, 0) is 18.9 Å². The summed E-state index contributed by atoms with van der Waals surface area (Å²) in [5.74, 6) is -5.77. The maximum atomic E-state index is 16.7. The molecule has 0 radical (unpaired) electrons. The summed E-state index contributed by atoms with van der Waals surface area (Å²) in [7, 11) is -2.55. The Morgan fingerprint density at radius 1 is 0.926 bits per heavy atom. The number of alkyl halides is 3. The van der Waals surface area contributed by atoms with E-state index in [1.807, 2.05) is 20.0 Å². The van der Waals surface area contributed by atoms with E-state index < -0.39 is 43.3 Å². The zero-order chi connectivity index (χ0) is 48.2. The number of fused-ring (bicyclic) bond motifs is 1. The van der Waals surface area contributed by atoms with Gasteiger partial charge in [0.2, 0.25) is 17.7 Å². The predicted octanol–water partition coefficient (Wildman–Crippen LogP) is 10.9. The molecule has 4 aliphatic rings. The second kappa shape index (κ2) is 21.4. The van der Waals surface area contributed by atoms with Gasteiger partial charge in [0, 0.05) is 53.8 Å². The van der Waals surface area contributed by atoms with Crippen LogP contribution in [0.4, 0.5) is 13.2 Å². The highest BCUT2D eigenvalue weighted by Gasteiger charge is 2.56. The molecule has 2 aliphatic carbocycles. The number of halogens is 3. The molecule has 0 bridgehead atoms. The van der Waals surface area contributed by atoms with E-state index in [0.29, 0.717) is 46.6 Å². The van der Waals surface area contributed by atoms with E-state index in [9.17, 15) is 27.7 Å². The minimum Gasteiger partial charge on any atom is -0.465 e. The number of carbonyl (C=O) groups is 3. The highest BCUT2D eigenvalue weighted by Crippen LogP contribution is 2.58. The topological polar surface area (TPSA) is 129 Å². The predicted molar refractivity (Wildman–Crippen MR) is 261 cm³/mol. The van der Waals surface area contributed by atoms with Crippen molar-refractivity contribution < 1.29 is 41.4 Å². The molecule has 11 nitrogen and oxygen atoms in total. The molecule has 68 heavy (non-hydrogen) atoms. The SMILES string of the molecule is CCCOC(=O)[C@H](C)NP(=O)(Oc1ccccc1)[C@@H](F)c1ccc2sc(C(=O)N[C@H]3CC[C@H](N(C)[C@H]4CCC(F)(F)C4)CCCCC(C(C)N4C[C@H](c5ccccc5)CC45CC5)NC3=O)cc2c1. The second-order valence-corrected chi connectivity index (χ2v) is 22.9. The zero-order valence-electron chi connectivity index (χ0n) is 39.6. The molecular formula is C52H67F3N5O6PS. The second-order valence-electron chi connectivity index (χ2n) is 19.8. The molecule has 3 unspecified atom stereocenters. The van der Waals surface area contributed by atoms with Gasteiger partial charge in [-0.3, -0.25) is 23.8 Å². The first-order valence-electron chi connectivity index (χ1n) is 24.6. The van der Waals surface area contributed by atoms with Crippen molar-refractivity contribution in [2.75, 3.05) is 20.2 Å². The van der Waals surface area contributed by atoms with Gasteiger partial charge in [-0.1, -0.05) is 74.4 Å². The lowest BCUT2D eigenvalue weighted by Crippen LogP contribution is -2.56. The lowest BCUT2D eigenvalue weighted by atomic mass is 9.96. The standard InChI is InChI=1S/C52H67F3N5O6PS/c1-5-28-65-50(63)34(2)58-67(64,66-42-17-10-7-11-18-42)47(53)37-20-23-45-38(29-37)30-46(68-45)49(62)57-44-22-21-40(59(4)41-24-25-52(54,55)32-41)16-12-13-19-43(56-48(44)61)35(3)60-33-39(31-51(60)26-27-51)36-14-8-6-9-15-36/h6-11,14-15,17-18,20,23,29-30,34-35,39-41,43-44,47H,5,12-13,16,19,21-22,24-28,31-33H2,1-4H3,(H,56,61)(H,57,62)(H,58,64)/t34-,35?,39+,40+,41-,43?,44-,47+,67?/m0/s1. The number of carbonyl (C=O) groups excluding carboxylic acids is 3. The fourth-order valence-electron chi connectivity index (χ4n) is 10.9. The van der Waals surface area contributed by atoms with Crippen molar-refractivity contribution in [1.29, 1.82) is 0 Å². The summed E-state index contributed by atoms with van der Waals surface area (Å²) < 4.78 is 71.8. The average molecular weight is 978 g/mol. The molecule has 16 heteroatoms. The molecule has 3 N–H and O–H groups in total. The molecule has 1 aromatic heterocycles. The van der Waals surface area contributed by atoms with E-state index in [4.69, 9.17) is 9.26 Å². The number of amides is 2. The zero-order valence-corrected chi connectivity index (χ0v) is 41.4. The van der Waals surface area contributed by atoms with Crippen LogP contribution in [0.2, 0.25) is 0 Å². The molecule has 368 valence electrons. The van der Waals surface area contributed by atoms with Gasteiger partial charge in [0.15, 0.2) is 0 Å². The summed E-state index contributed by atoms with van der Waals surface area (Å²) in [6.45, 7) is 6.57. The van der Waals surface area contributed by atoms with Crippen molar-refractivity contribution in [3.63, 3.8) is 0 Å². The fraction of sp³-hybridized carbons (Fsp3) is 0.558. The minimum atomic E-state index is -4.48. The van der Waals surface area contributed by atoms with Gasteiger partial charge in [-0.15, -0.1) is 11.3 Å². The molecule has 1 spiro atoms. The van der Waals surface area contributed by atoms with Gasteiger partial charge in [0.25, 0.3) is 5.91 Å². The maximum Gasteiger partial charge on any atom is 0.355 e. The van der Waals surface area contributed by atoms with Crippen LogP contribution in [0.3, 0.4) is 0 Å². The highest BCUT2D eigenvalue weighted by atomic mass is 32.1. The Balaban J connectivity index is 1.02. The van der Waals surface area contributed by atoms with Crippen LogP contribution in [0.25, 0.3) is 10.1 Å². The average Bonchev–Trinajstić information content (AvgIpc) is 3.60. The number of hydrogen-bond acceptors (Lipinski definition) is 9. The number of para-hydroxylation sites is 1. The number of likely N-dealkylation sites (tertiary alicyclic amines) is 1. The van der Waals surface area contributed by atoms with E-state index >= 15 is 4.39 Å². The first-order chi connectivity index (χ1) is 32.6. The number of nitrogens with zero attached hydrogens (tertiary/aromatic N) is 2. The molecule has 2 saturated heterocycles. The van der Waals surface area contributed by atoms with Gasteiger partial charge < -0.3 is 24.8 Å². The minimum absolute atomic E-state index is 0.0161. The van der Waals surface area contributed by atoms with Crippen LogP contribution < -0.4 is 20.2 Å². The molecule has 2 aliphatic heterocycles. The van der Waals surface area contributed by atoms with Gasteiger partial charge in [0.1, 0.15) is 17.8 Å². The molecule has 3 aromatic carbocycles. The van der Waals surface area contributed by atoms with Crippen LogP contribution in [0.5, 0.6) is 5.75 Å². The summed E-state index contributed by atoms with van der Waals surface area (Å²) in [5.41, 5.74) is 1.47. The Labute approximate surface area is 402 Å². The molecule has 9 atom stereocenters. The van der Waals surface area contributed by atoms with Crippen molar-refractivity contribution >= 4 is 46.7 Å². The van der Waals surface area contributed by atoms with E-state index in [-0.39, 0.29) is 66.4 Å². The van der Waals surface area contributed by atoms with Crippen LogP contribution in [0.15, 0.2) is 84.9 Å². The van der Waals surface area contributed by atoms with Gasteiger partial charge in [-0.25, -0.2) is 18.3 Å². The summed E-state index contributed by atoms with van der Waals surface area (Å²) >= 11 is 1.19. The third-order valence-corrected chi connectivity index (χ3v) is 18.1. The largest absolute Gasteiger partial charge is 0.465 e. The lowest BCUT2D eigenvalue weighted by Gasteiger charge is -2.37. The Morgan fingerprint density at radius 2 is 1.65 bits per heavy atom. The van der Waals surface area contributed by atoms with Crippen molar-refractivity contribution in [3.8, 4) is 5.75 Å². The number of esters is 1. The number of thiophene rings is 1. The Hall–Kier alpha value is -4.27. The van der Waals surface area contributed by atoms with Crippen molar-refractivity contribution in [3.05, 3.63) is 101 Å². The summed E-state index contributed by atoms with van der Waals surface area (Å²) in [5, 5.41) is 9.61. The molecular weight excluding hydrogens is 911 g/mol. The Kier molecular flexibility index (Phi) is 15.8. The number of ether oxygens (including phenoxy) is 1. The molecule has 2 amide bonds. The van der Waals surface area contributed by atoms with Crippen molar-refractivity contribution in [2.45, 2.75) is 164 Å². The number of hydrogen-bond donors (Lipinski definition) is 3. The monoisotopic (exact) mass is 977 g/mol. The molecule has 8 rings (SSSR count). The Bertz CT molecular complexity index is 2430. The quantitative estimate of drug-likeness (QED) is 0.0742. The highest BCUT2D eigenvalue weighted by molar-refractivity contribution is 7.57. The van der Waals surface area contributed by atoms with Gasteiger partial charge in [-0.2, -0.15) is 0 Å². The van der Waals surface area contributed by atoms with Crippen molar-refractivity contribution in [1.82, 2.24) is 25.5 Å². The Morgan fingerprint density at radius 3 is 2.34 bits per heavy atom. The first kappa shape index (κ1) is 50.1. The van der Waals surface area contributed by atoms with Crippen molar-refractivity contribution in [2.24, 2.45) is 0 Å². The number of benzene rings is 3. The summed E-state index contributed by atoms with van der Waals surface area (Å²) in [6.07, 6.45) is 8.19. The third kappa shape index (κ3) is 11.7. The van der Waals surface area contributed by atoms with Gasteiger partial charge >= 0.3 is 13.5 Å². The van der Waals surface area contributed by atoms with E-state index in [1.165, 1.54) is 36.0 Å². The van der Waals surface area contributed by atoms with Gasteiger partial charge in [-0.05, 0) is 131 Å². The summed E-state index contributed by atoms with van der Waals surface area (Å²) in [6, 6.07) is 22.6. The molecule has 3 heterocycles. The summed E-state index contributed by atoms with van der Waals surface area (Å²) in [4.78, 5) is 46.7. The van der Waals surface area contributed by atoms with Crippen LogP contribution >= 0.6 is 18.9 Å². The van der Waals surface area contributed by atoms with E-state index in [1.54, 1.807) is 42.5 Å². The number of rotatable bonds is 16. The smallest absolute Gasteiger partial charge is 0.355 e. The first-order valence-corrected chi connectivity index (χ1v) is 27.1. The van der Waals surface area contributed by atoms with Crippen LogP contribution in [-0.4, -0.2) is 95.5 Å². The number of nitrogens with one attached hydrogen (secondary N) is 3. The van der Waals surface area contributed by atoms with Gasteiger partial charge in [0.05, 0.1) is 11.5 Å². The van der Waals surface area contributed by atoms with E-state index in [2.05, 4.69) is 56.7 Å². The maximum absolute atomic E-state index is 16.7.